The van der Waals surface area contributed by atoms with Crippen molar-refractivity contribution < 1.29 is 0 Å². The predicted molar refractivity (Wildman–Crippen MR) is 71.2 cm³/mol. The Balaban J connectivity index is 2.08. The Morgan fingerprint density at radius 2 is 1.71 bits per heavy atom. The fraction of sp³-hybridized carbons (Fsp3) is 0.692. The summed E-state index contributed by atoms with van der Waals surface area (Å²) in [6, 6.07) is 2.44. The molecule has 0 amide bonds. The minimum Gasteiger partial charge on any atom is -0.370 e. The molecule has 0 unspecified atom stereocenters. The molecule has 2 rings (SSSR count). The zero-order chi connectivity index (χ0) is 12.7. The maximum Gasteiger partial charge on any atom is 0.131 e. The highest BCUT2D eigenvalue weighted by molar-refractivity contribution is 5.49. The highest BCUT2D eigenvalue weighted by Crippen LogP contribution is 2.63. The molecule has 0 atom stereocenters. The maximum absolute atomic E-state index is 4.27. The van der Waals surface area contributed by atoms with Crippen molar-refractivity contribution in [2.45, 2.75) is 40.7 Å². The summed E-state index contributed by atoms with van der Waals surface area (Å²) in [5, 5.41) is 6.70. The van der Waals surface area contributed by atoms with E-state index in [0.717, 1.165) is 18.2 Å². The van der Waals surface area contributed by atoms with E-state index >= 15 is 0 Å². The normalized spacial score (nSPS) is 21.0. The molecule has 0 spiro atoms. The summed E-state index contributed by atoms with van der Waals surface area (Å²) in [6.07, 6.45) is 1.60. The van der Waals surface area contributed by atoms with Gasteiger partial charge in [-0.25, -0.2) is 9.97 Å². The van der Waals surface area contributed by atoms with Gasteiger partial charge in [-0.2, -0.15) is 0 Å². The van der Waals surface area contributed by atoms with Gasteiger partial charge in [0, 0.05) is 18.7 Å². The summed E-state index contributed by atoms with van der Waals surface area (Å²) in [7, 11) is 0. The molecule has 1 aliphatic carbocycles. The van der Waals surface area contributed by atoms with Gasteiger partial charge in [0.2, 0.25) is 0 Å². The molecule has 0 radical (unpaired) electrons. The third-order valence-corrected chi connectivity index (χ3v) is 4.34. The average molecular weight is 234 g/mol. The number of hydrogen-bond acceptors (Lipinski definition) is 4. The van der Waals surface area contributed by atoms with Gasteiger partial charge in [-0.1, -0.05) is 27.7 Å². The van der Waals surface area contributed by atoms with E-state index in [9.17, 15) is 0 Å². The van der Waals surface area contributed by atoms with E-state index in [1.54, 1.807) is 6.33 Å². The molecule has 0 saturated heterocycles. The molecule has 4 nitrogen and oxygen atoms in total. The maximum atomic E-state index is 4.27. The van der Waals surface area contributed by atoms with Gasteiger partial charge in [-0.3, -0.25) is 0 Å². The standard InChI is InChI=1S/C13H22N4/c1-6-14-9-7-10(16-8-15-9)17-11-12(2,3)13(11,4)5/h7-8,11H,6H2,1-5H3,(H2,14,15,16,17). The van der Waals surface area contributed by atoms with Crippen LogP contribution in [-0.2, 0) is 0 Å². The number of nitrogens with zero attached hydrogens (tertiary/aromatic N) is 2. The molecule has 0 bridgehead atoms. The molecule has 0 aromatic carbocycles. The zero-order valence-electron chi connectivity index (χ0n) is 11.3. The van der Waals surface area contributed by atoms with E-state index in [1.807, 2.05) is 6.07 Å². The lowest BCUT2D eigenvalue weighted by Gasteiger charge is -2.08. The van der Waals surface area contributed by atoms with Crippen molar-refractivity contribution in [1.29, 1.82) is 0 Å². The third kappa shape index (κ3) is 1.96. The lowest BCUT2D eigenvalue weighted by molar-refractivity contribution is 0.457. The monoisotopic (exact) mass is 234 g/mol. The van der Waals surface area contributed by atoms with Crippen LogP contribution in [0.4, 0.5) is 11.6 Å². The topological polar surface area (TPSA) is 49.8 Å². The zero-order valence-corrected chi connectivity index (χ0v) is 11.3. The Morgan fingerprint density at radius 3 is 2.24 bits per heavy atom. The molecule has 2 N–H and O–H groups in total. The van der Waals surface area contributed by atoms with Gasteiger partial charge in [-0.05, 0) is 17.8 Å². The second kappa shape index (κ2) is 3.86. The van der Waals surface area contributed by atoms with Gasteiger partial charge in [0.25, 0.3) is 0 Å². The van der Waals surface area contributed by atoms with Crippen molar-refractivity contribution in [3.05, 3.63) is 12.4 Å². The fourth-order valence-electron chi connectivity index (χ4n) is 2.42. The van der Waals surface area contributed by atoms with Crippen LogP contribution in [0.15, 0.2) is 12.4 Å². The van der Waals surface area contributed by atoms with E-state index < -0.39 is 0 Å². The molecule has 0 aliphatic heterocycles. The van der Waals surface area contributed by atoms with Crippen LogP contribution in [0.25, 0.3) is 0 Å². The first-order chi connectivity index (χ1) is 7.89. The fourth-order valence-corrected chi connectivity index (χ4v) is 2.42. The van der Waals surface area contributed by atoms with E-state index in [-0.39, 0.29) is 0 Å². The molecule has 1 saturated carbocycles. The van der Waals surface area contributed by atoms with Crippen molar-refractivity contribution in [2.24, 2.45) is 10.8 Å². The van der Waals surface area contributed by atoms with Crippen LogP contribution in [0.2, 0.25) is 0 Å². The summed E-state index contributed by atoms with van der Waals surface area (Å²) < 4.78 is 0. The van der Waals surface area contributed by atoms with Crippen LogP contribution >= 0.6 is 0 Å². The molecule has 1 aliphatic rings. The highest BCUT2D eigenvalue weighted by atomic mass is 15.1. The smallest absolute Gasteiger partial charge is 0.131 e. The lowest BCUT2D eigenvalue weighted by Crippen LogP contribution is -2.12. The number of anilines is 2. The summed E-state index contributed by atoms with van der Waals surface area (Å²) >= 11 is 0. The molecule has 1 aromatic rings. The molecule has 1 heterocycles. The molecule has 1 aromatic heterocycles. The molecular weight excluding hydrogens is 212 g/mol. The van der Waals surface area contributed by atoms with Gasteiger partial charge >= 0.3 is 0 Å². The van der Waals surface area contributed by atoms with E-state index in [2.05, 4.69) is 55.2 Å². The van der Waals surface area contributed by atoms with E-state index in [1.165, 1.54) is 0 Å². The first-order valence-corrected chi connectivity index (χ1v) is 6.22. The van der Waals surface area contributed by atoms with Crippen molar-refractivity contribution in [1.82, 2.24) is 9.97 Å². The Kier molecular flexibility index (Phi) is 2.76. The van der Waals surface area contributed by atoms with Gasteiger partial charge in [0.05, 0.1) is 0 Å². The Hall–Kier alpha value is -1.32. The van der Waals surface area contributed by atoms with Gasteiger partial charge in [0.15, 0.2) is 0 Å². The van der Waals surface area contributed by atoms with E-state index in [0.29, 0.717) is 16.9 Å². The van der Waals surface area contributed by atoms with Crippen molar-refractivity contribution in [3.63, 3.8) is 0 Å². The van der Waals surface area contributed by atoms with Crippen LogP contribution < -0.4 is 10.6 Å². The van der Waals surface area contributed by atoms with E-state index in [4.69, 9.17) is 0 Å². The molecule has 4 heteroatoms. The molecule has 1 fully saturated rings. The van der Waals surface area contributed by atoms with Crippen molar-refractivity contribution in [2.75, 3.05) is 17.2 Å². The second-order valence-corrected chi connectivity index (χ2v) is 5.84. The highest BCUT2D eigenvalue weighted by Gasteiger charge is 2.65. The molecule has 17 heavy (non-hydrogen) atoms. The average Bonchev–Trinajstić information content (AvgIpc) is 2.62. The van der Waals surface area contributed by atoms with Gasteiger partial charge < -0.3 is 10.6 Å². The SMILES string of the molecule is CCNc1cc(NC2C(C)(C)C2(C)C)ncn1. The van der Waals surface area contributed by atoms with Gasteiger partial charge in [-0.15, -0.1) is 0 Å². The number of aromatic nitrogens is 2. The van der Waals surface area contributed by atoms with Crippen molar-refractivity contribution >= 4 is 11.6 Å². The van der Waals surface area contributed by atoms with Crippen molar-refractivity contribution in [3.8, 4) is 0 Å². The summed E-state index contributed by atoms with van der Waals surface area (Å²) in [5.74, 6) is 1.78. The van der Waals surface area contributed by atoms with Crippen LogP contribution in [0, 0.1) is 10.8 Å². The summed E-state index contributed by atoms with van der Waals surface area (Å²) in [5.41, 5.74) is 0.632. The number of nitrogens with one attached hydrogen (secondary N) is 2. The predicted octanol–water partition coefficient (Wildman–Crippen LogP) is 2.75. The minimum atomic E-state index is 0.316. The summed E-state index contributed by atoms with van der Waals surface area (Å²) in [6.45, 7) is 12.1. The quantitative estimate of drug-likeness (QED) is 0.841. The first-order valence-electron chi connectivity index (χ1n) is 6.22. The minimum absolute atomic E-state index is 0.316. The van der Waals surface area contributed by atoms with Crippen LogP contribution in [0.5, 0.6) is 0 Å². The molecule has 94 valence electrons. The Bertz CT molecular complexity index is 398. The van der Waals surface area contributed by atoms with Gasteiger partial charge in [0.1, 0.15) is 18.0 Å². The lowest BCUT2D eigenvalue weighted by atomic mass is 10.0. The Morgan fingerprint density at radius 1 is 1.12 bits per heavy atom. The van der Waals surface area contributed by atoms with Crippen LogP contribution in [0.1, 0.15) is 34.6 Å². The molecular formula is C13H22N4. The summed E-state index contributed by atoms with van der Waals surface area (Å²) in [4.78, 5) is 8.44. The largest absolute Gasteiger partial charge is 0.370 e. The number of hydrogen-bond donors (Lipinski definition) is 2. The first kappa shape index (κ1) is 12.1. The Labute approximate surface area is 103 Å². The van der Waals surface area contributed by atoms with Crippen LogP contribution in [0.3, 0.4) is 0 Å². The number of rotatable bonds is 4. The van der Waals surface area contributed by atoms with Crippen LogP contribution in [-0.4, -0.2) is 22.6 Å². The second-order valence-electron chi connectivity index (χ2n) is 5.84. The third-order valence-electron chi connectivity index (χ3n) is 4.34.